The summed E-state index contributed by atoms with van der Waals surface area (Å²) >= 11 is 12.5. The Morgan fingerprint density at radius 2 is 0.962 bits per heavy atom. The molecular weight excluding hydrogens is 379 g/mol. The zero-order chi connectivity index (χ0) is 18.8. The van der Waals surface area contributed by atoms with E-state index in [1.807, 2.05) is 0 Å². The van der Waals surface area contributed by atoms with Gasteiger partial charge < -0.3 is 10.2 Å². The summed E-state index contributed by atoms with van der Waals surface area (Å²) in [7, 11) is 0. The molecule has 2 N–H and O–H groups in total. The zero-order valence-electron chi connectivity index (χ0n) is 13.0. The van der Waals surface area contributed by atoms with Crippen LogP contribution in [-0.2, 0) is 0 Å². The molecule has 0 saturated heterocycles. The first-order valence-corrected chi connectivity index (χ1v) is 8.03. The van der Waals surface area contributed by atoms with Gasteiger partial charge in [-0.1, -0.05) is 47.5 Å². The highest BCUT2D eigenvalue weighted by Crippen LogP contribution is 2.32. The van der Waals surface area contributed by atoms with E-state index < -0.39 is 11.9 Å². The third-order valence-corrected chi connectivity index (χ3v) is 4.15. The fourth-order valence-corrected chi connectivity index (χ4v) is 2.77. The molecule has 0 radical (unpaired) electrons. The van der Waals surface area contributed by atoms with Crippen molar-refractivity contribution in [1.29, 1.82) is 0 Å². The van der Waals surface area contributed by atoms with Crippen LogP contribution in [0.1, 0.15) is 20.7 Å². The van der Waals surface area contributed by atoms with Crippen LogP contribution in [0, 0.1) is 0 Å². The molecule has 0 aliphatic rings. The van der Waals surface area contributed by atoms with E-state index in [-0.39, 0.29) is 21.4 Å². The Kier molecular flexibility index (Phi) is 4.88. The summed E-state index contributed by atoms with van der Waals surface area (Å²) in [5.74, 6) is -2.07. The number of hydrogen-bond donors (Lipinski definition) is 2. The Balaban J connectivity index is 2.00. The van der Waals surface area contributed by atoms with Crippen molar-refractivity contribution < 1.29 is 19.8 Å². The molecule has 3 rings (SSSR count). The van der Waals surface area contributed by atoms with E-state index >= 15 is 0 Å². The van der Waals surface area contributed by atoms with E-state index in [2.05, 4.69) is 9.97 Å². The molecule has 3 aromatic rings. The highest BCUT2D eigenvalue weighted by molar-refractivity contribution is 6.34. The maximum Gasteiger partial charge on any atom is 0.335 e. The van der Waals surface area contributed by atoms with E-state index in [1.54, 1.807) is 24.3 Å². The summed E-state index contributed by atoms with van der Waals surface area (Å²) in [4.78, 5) is 30.4. The Bertz CT molecular complexity index is 920. The van der Waals surface area contributed by atoms with Gasteiger partial charge in [-0.3, -0.25) is 0 Å². The maximum atomic E-state index is 10.9. The molecule has 26 heavy (non-hydrogen) atoms. The van der Waals surface area contributed by atoms with Gasteiger partial charge in [0.1, 0.15) is 11.4 Å². The van der Waals surface area contributed by atoms with Gasteiger partial charge in [-0.25, -0.2) is 19.6 Å². The molecule has 0 aliphatic carbocycles. The van der Waals surface area contributed by atoms with Crippen LogP contribution in [0.15, 0.2) is 48.5 Å². The highest BCUT2D eigenvalue weighted by atomic mass is 35.5. The minimum Gasteiger partial charge on any atom is -0.478 e. The monoisotopic (exact) mass is 388 g/mol. The number of aromatic carboxylic acids is 2. The lowest BCUT2D eigenvalue weighted by Gasteiger charge is -2.09. The molecule has 0 aliphatic heterocycles. The SMILES string of the molecule is O=C(O)c1ccc(-c2nc(Cl)c(-c3ccc(C(=O)O)cc3)nc2Cl)cc1. The topological polar surface area (TPSA) is 100 Å². The molecule has 0 atom stereocenters. The van der Waals surface area contributed by atoms with Gasteiger partial charge in [0, 0.05) is 11.1 Å². The Morgan fingerprint density at radius 3 is 1.23 bits per heavy atom. The van der Waals surface area contributed by atoms with Crippen molar-refractivity contribution in [2.24, 2.45) is 0 Å². The quantitative estimate of drug-likeness (QED) is 0.681. The van der Waals surface area contributed by atoms with Crippen LogP contribution < -0.4 is 0 Å². The second kappa shape index (κ2) is 7.11. The predicted molar refractivity (Wildman–Crippen MR) is 96.8 cm³/mol. The minimum atomic E-state index is -1.04. The summed E-state index contributed by atoms with van der Waals surface area (Å²) in [6.45, 7) is 0. The van der Waals surface area contributed by atoms with Crippen LogP contribution in [0.25, 0.3) is 22.5 Å². The standard InChI is InChI=1S/C18H10Cl2N2O4/c19-15-13(9-1-5-11(6-2-9)17(23)24)21-16(20)14(22-15)10-3-7-12(8-4-10)18(25)26/h1-8H,(H,23,24)(H,25,26). The normalized spacial score (nSPS) is 10.5. The third kappa shape index (κ3) is 3.51. The summed E-state index contributed by atoms with van der Waals surface area (Å²) < 4.78 is 0. The van der Waals surface area contributed by atoms with Gasteiger partial charge in [0.05, 0.1) is 11.1 Å². The number of halogens is 2. The number of carboxylic acids is 2. The summed E-state index contributed by atoms with van der Waals surface area (Å²) in [5, 5.41) is 18.1. The van der Waals surface area contributed by atoms with Gasteiger partial charge in [-0.05, 0) is 24.3 Å². The lowest BCUT2D eigenvalue weighted by Crippen LogP contribution is -1.98. The number of carbonyl (C=O) groups is 2. The Hall–Kier alpha value is -2.96. The van der Waals surface area contributed by atoms with Crippen LogP contribution >= 0.6 is 23.2 Å². The van der Waals surface area contributed by atoms with Gasteiger partial charge in [0.25, 0.3) is 0 Å². The van der Waals surface area contributed by atoms with Crippen molar-refractivity contribution in [3.8, 4) is 22.5 Å². The number of nitrogens with zero attached hydrogens (tertiary/aromatic N) is 2. The molecule has 0 unspecified atom stereocenters. The molecule has 0 saturated carbocycles. The van der Waals surface area contributed by atoms with Crippen LogP contribution in [0.3, 0.4) is 0 Å². The fraction of sp³-hybridized carbons (Fsp3) is 0. The molecule has 1 heterocycles. The Morgan fingerprint density at radius 1 is 0.654 bits per heavy atom. The van der Waals surface area contributed by atoms with Gasteiger partial charge >= 0.3 is 11.9 Å². The number of carboxylic acid groups (broad SMARTS) is 2. The van der Waals surface area contributed by atoms with Crippen molar-refractivity contribution in [2.45, 2.75) is 0 Å². The molecule has 130 valence electrons. The second-order valence-corrected chi connectivity index (χ2v) is 5.98. The van der Waals surface area contributed by atoms with Crippen LogP contribution in [-0.4, -0.2) is 32.1 Å². The lowest BCUT2D eigenvalue weighted by molar-refractivity contribution is 0.0686. The van der Waals surface area contributed by atoms with Crippen LogP contribution in [0.2, 0.25) is 10.3 Å². The first kappa shape index (κ1) is 17.8. The number of rotatable bonds is 4. The molecule has 2 aromatic carbocycles. The summed E-state index contributed by atoms with van der Waals surface area (Å²) in [6, 6.07) is 12.0. The molecule has 0 amide bonds. The van der Waals surface area contributed by atoms with Crippen LogP contribution in [0.5, 0.6) is 0 Å². The molecular formula is C18H10Cl2N2O4. The molecule has 0 fully saturated rings. The van der Waals surface area contributed by atoms with Crippen molar-refractivity contribution in [1.82, 2.24) is 9.97 Å². The molecule has 0 bridgehead atoms. The average molecular weight is 389 g/mol. The Labute approximate surface area is 157 Å². The average Bonchev–Trinajstić information content (AvgIpc) is 2.63. The van der Waals surface area contributed by atoms with Gasteiger partial charge in [0.2, 0.25) is 0 Å². The maximum absolute atomic E-state index is 10.9. The molecule has 6 nitrogen and oxygen atoms in total. The summed E-state index contributed by atoms with van der Waals surface area (Å²) in [6.07, 6.45) is 0. The van der Waals surface area contributed by atoms with Crippen LogP contribution in [0.4, 0.5) is 0 Å². The first-order valence-electron chi connectivity index (χ1n) is 7.27. The third-order valence-electron chi connectivity index (χ3n) is 3.62. The second-order valence-electron chi connectivity index (χ2n) is 5.27. The first-order chi connectivity index (χ1) is 12.4. The van der Waals surface area contributed by atoms with Crippen molar-refractivity contribution in [3.05, 3.63) is 70.0 Å². The van der Waals surface area contributed by atoms with E-state index in [1.165, 1.54) is 24.3 Å². The van der Waals surface area contributed by atoms with Gasteiger partial charge in [-0.15, -0.1) is 0 Å². The smallest absolute Gasteiger partial charge is 0.335 e. The fourth-order valence-electron chi connectivity index (χ4n) is 2.30. The number of benzene rings is 2. The summed E-state index contributed by atoms with van der Waals surface area (Å²) in [5.41, 5.74) is 2.06. The van der Waals surface area contributed by atoms with Gasteiger partial charge in [0.15, 0.2) is 10.3 Å². The molecule has 1 aromatic heterocycles. The highest BCUT2D eigenvalue weighted by Gasteiger charge is 2.15. The predicted octanol–water partition coefficient (Wildman–Crippen LogP) is 4.51. The number of hydrogen-bond acceptors (Lipinski definition) is 4. The van der Waals surface area contributed by atoms with E-state index in [0.717, 1.165) is 0 Å². The zero-order valence-corrected chi connectivity index (χ0v) is 14.5. The van der Waals surface area contributed by atoms with E-state index in [9.17, 15) is 9.59 Å². The van der Waals surface area contributed by atoms with Gasteiger partial charge in [-0.2, -0.15) is 0 Å². The van der Waals surface area contributed by atoms with E-state index in [0.29, 0.717) is 22.5 Å². The van der Waals surface area contributed by atoms with Crippen molar-refractivity contribution in [3.63, 3.8) is 0 Å². The molecule has 0 spiro atoms. The van der Waals surface area contributed by atoms with Crippen molar-refractivity contribution >= 4 is 35.1 Å². The largest absolute Gasteiger partial charge is 0.478 e. The lowest BCUT2D eigenvalue weighted by atomic mass is 10.1. The van der Waals surface area contributed by atoms with Crippen molar-refractivity contribution in [2.75, 3.05) is 0 Å². The van der Waals surface area contributed by atoms with E-state index in [4.69, 9.17) is 33.4 Å². The minimum absolute atomic E-state index is 0.0924. The molecule has 8 heteroatoms. The number of aromatic nitrogens is 2.